The average Bonchev–Trinajstić information content (AvgIpc) is 3.14. The topological polar surface area (TPSA) is 21.3 Å². The van der Waals surface area contributed by atoms with Gasteiger partial charge in [-0.25, -0.2) is 0 Å². The fraction of sp³-hybridized carbons (Fsp3) is 0.600. The van der Waals surface area contributed by atoms with Crippen LogP contribution >= 0.6 is 0 Å². The first-order chi connectivity index (χ1) is 8.31. The third-order valence-corrected chi connectivity index (χ3v) is 3.82. The predicted molar refractivity (Wildman–Crippen MR) is 69.5 cm³/mol. The van der Waals surface area contributed by atoms with E-state index in [2.05, 4.69) is 36.5 Å². The molecule has 1 aliphatic heterocycles. The van der Waals surface area contributed by atoms with Gasteiger partial charge in [-0.05, 0) is 56.2 Å². The summed E-state index contributed by atoms with van der Waals surface area (Å²) in [4.78, 5) is 0. The van der Waals surface area contributed by atoms with Gasteiger partial charge in [0.05, 0.1) is 6.10 Å². The van der Waals surface area contributed by atoms with E-state index in [0.29, 0.717) is 18.1 Å². The zero-order valence-electron chi connectivity index (χ0n) is 10.5. The predicted octanol–water partition coefficient (Wildman–Crippen LogP) is 3.08. The average molecular weight is 231 g/mol. The molecule has 17 heavy (non-hydrogen) atoms. The Hall–Kier alpha value is -1.02. The monoisotopic (exact) mass is 231 g/mol. The summed E-state index contributed by atoms with van der Waals surface area (Å²) >= 11 is 0. The maximum absolute atomic E-state index is 5.86. The molecule has 0 amide bonds. The van der Waals surface area contributed by atoms with E-state index in [1.165, 1.54) is 31.2 Å². The second kappa shape index (κ2) is 4.69. The van der Waals surface area contributed by atoms with Gasteiger partial charge in [-0.3, -0.25) is 0 Å². The number of nitrogens with one attached hydrogen (secondary N) is 1. The molecule has 2 nitrogen and oxygen atoms in total. The van der Waals surface area contributed by atoms with Crippen LogP contribution in [0.25, 0.3) is 0 Å². The van der Waals surface area contributed by atoms with Gasteiger partial charge < -0.3 is 10.1 Å². The summed E-state index contributed by atoms with van der Waals surface area (Å²) in [5.41, 5.74) is 1.43. The number of hydrogen-bond acceptors (Lipinski definition) is 2. The molecule has 0 aromatic heterocycles. The van der Waals surface area contributed by atoms with Gasteiger partial charge in [0.15, 0.2) is 0 Å². The molecular formula is C15H21NO. The molecule has 0 radical (unpaired) electrons. The van der Waals surface area contributed by atoms with Crippen LogP contribution in [0.4, 0.5) is 0 Å². The molecule has 2 fully saturated rings. The number of benzene rings is 1. The zero-order valence-corrected chi connectivity index (χ0v) is 10.5. The second-order valence-corrected chi connectivity index (χ2v) is 5.47. The van der Waals surface area contributed by atoms with E-state index >= 15 is 0 Å². The van der Waals surface area contributed by atoms with Crippen LogP contribution in [0, 0.1) is 0 Å². The maximum Gasteiger partial charge on any atom is 0.120 e. The lowest BCUT2D eigenvalue weighted by molar-refractivity contribution is 0.302. The molecule has 0 bridgehead atoms. The van der Waals surface area contributed by atoms with Crippen molar-refractivity contribution in [1.82, 2.24) is 5.32 Å². The Kier molecular flexibility index (Phi) is 3.06. The van der Waals surface area contributed by atoms with E-state index in [-0.39, 0.29) is 0 Å². The summed E-state index contributed by atoms with van der Waals surface area (Å²) in [6.45, 7) is 3.37. The Bertz CT molecular complexity index is 378. The third-order valence-electron chi connectivity index (χ3n) is 3.82. The fourth-order valence-corrected chi connectivity index (χ4v) is 2.50. The minimum absolute atomic E-state index is 0.495. The Morgan fingerprint density at radius 1 is 1.18 bits per heavy atom. The van der Waals surface area contributed by atoms with Crippen LogP contribution in [-0.2, 0) is 0 Å². The SMILES string of the molecule is CC1CCC(c2cccc(OC3CC3)c2)CN1. The molecule has 1 aliphatic carbocycles. The first-order valence-electron chi connectivity index (χ1n) is 6.81. The van der Waals surface area contributed by atoms with E-state index in [1.807, 2.05) is 0 Å². The lowest BCUT2D eigenvalue weighted by Gasteiger charge is -2.28. The first-order valence-corrected chi connectivity index (χ1v) is 6.81. The van der Waals surface area contributed by atoms with Crippen molar-refractivity contribution in [3.63, 3.8) is 0 Å². The Morgan fingerprint density at radius 3 is 2.76 bits per heavy atom. The minimum Gasteiger partial charge on any atom is -0.490 e. The standard InChI is InChI=1S/C15H21NO/c1-11-5-6-13(10-16-11)12-3-2-4-15(9-12)17-14-7-8-14/h2-4,9,11,13-14,16H,5-8,10H2,1H3. The number of rotatable bonds is 3. The molecule has 1 saturated heterocycles. The van der Waals surface area contributed by atoms with Crippen LogP contribution in [0.3, 0.4) is 0 Å². The van der Waals surface area contributed by atoms with Crippen molar-refractivity contribution in [2.75, 3.05) is 6.54 Å². The molecule has 0 spiro atoms. The van der Waals surface area contributed by atoms with Gasteiger partial charge in [0, 0.05) is 12.6 Å². The third kappa shape index (κ3) is 2.81. The van der Waals surface area contributed by atoms with Gasteiger partial charge in [0.25, 0.3) is 0 Å². The molecule has 1 heterocycles. The van der Waals surface area contributed by atoms with Crippen molar-refractivity contribution < 1.29 is 4.74 Å². The molecule has 2 heteroatoms. The molecule has 3 rings (SSSR count). The second-order valence-electron chi connectivity index (χ2n) is 5.47. The highest BCUT2D eigenvalue weighted by Gasteiger charge is 2.24. The lowest BCUT2D eigenvalue weighted by Crippen LogP contribution is -2.35. The van der Waals surface area contributed by atoms with Crippen LogP contribution in [0.1, 0.15) is 44.1 Å². The first kappa shape index (κ1) is 11.1. The molecule has 2 aliphatic rings. The minimum atomic E-state index is 0.495. The lowest BCUT2D eigenvalue weighted by atomic mass is 9.89. The highest BCUT2D eigenvalue weighted by Crippen LogP contribution is 2.31. The van der Waals surface area contributed by atoms with Crippen LogP contribution in [0.5, 0.6) is 5.75 Å². The highest BCUT2D eigenvalue weighted by atomic mass is 16.5. The molecule has 1 aromatic carbocycles. The van der Waals surface area contributed by atoms with Gasteiger partial charge in [0.2, 0.25) is 0 Å². The van der Waals surface area contributed by atoms with Crippen molar-refractivity contribution in [3.8, 4) is 5.75 Å². The van der Waals surface area contributed by atoms with Gasteiger partial charge in [-0.2, -0.15) is 0 Å². The molecule has 1 aromatic rings. The van der Waals surface area contributed by atoms with E-state index in [1.54, 1.807) is 0 Å². The van der Waals surface area contributed by atoms with E-state index in [4.69, 9.17) is 4.74 Å². The molecule has 1 saturated carbocycles. The Balaban J connectivity index is 1.68. The summed E-state index contributed by atoms with van der Waals surface area (Å²) in [6, 6.07) is 9.37. The van der Waals surface area contributed by atoms with Crippen molar-refractivity contribution in [1.29, 1.82) is 0 Å². The molecule has 92 valence electrons. The van der Waals surface area contributed by atoms with E-state index in [0.717, 1.165) is 12.3 Å². The molecular weight excluding hydrogens is 210 g/mol. The van der Waals surface area contributed by atoms with Crippen molar-refractivity contribution in [3.05, 3.63) is 29.8 Å². The summed E-state index contributed by atoms with van der Waals surface area (Å²) in [7, 11) is 0. The van der Waals surface area contributed by atoms with E-state index in [9.17, 15) is 0 Å². The Morgan fingerprint density at radius 2 is 2.06 bits per heavy atom. The summed E-state index contributed by atoms with van der Waals surface area (Å²) < 4.78 is 5.86. The molecule has 1 N–H and O–H groups in total. The van der Waals surface area contributed by atoms with Crippen LogP contribution in [0.2, 0.25) is 0 Å². The van der Waals surface area contributed by atoms with Crippen LogP contribution in [-0.4, -0.2) is 18.7 Å². The molecule has 2 unspecified atom stereocenters. The summed E-state index contributed by atoms with van der Waals surface area (Å²) in [5.74, 6) is 1.72. The number of piperidine rings is 1. The van der Waals surface area contributed by atoms with Gasteiger partial charge >= 0.3 is 0 Å². The van der Waals surface area contributed by atoms with Gasteiger partial charge in [-0.1, -0.05) is 12.1 Å². The zero-order chi connectivity index (χ0) is 11.7. The fourth-order valence-electron chi connectivity index (χ4n) is 2.50. The summed E-state index contributed by atoms with van der Waals surface area (Å²) in [5, 5.41) is 3.56. The van der Waals surface area contributed by atoms with Crippen molar-refractivity contribution >= 4 is 0 Å². The smallest absolute Gasteiger partial charge is 0.120 e. The van der Waals surface area contributed by atoms with Crippen LogP contribution in [0.15, 0.2) is 24.3 Å². The van der Waals surface area contributed by atoms with Crippen molar-refractivity contribution in [2.45, 2.75) is 50.7 Å². The van der Waals surface area contributed by atoms with E-state index < -0.39 is 0 Å². The van der Waals surface area contributed by atoms with Gasteiger partial charge in [0.1, 0.15) is 5.75 Å². The normalized spacial score (nSPS) is 29.0. The maximum atomic E-state index is 5.86. The molecule has 2 atom stereocenters. The largest absolute Gasteiger partial charge is 0.490 e. The van der Waals surface area contributed by atoms with Gasteiger partial charge in [-0.15, -0.1) is 0 Å². The quantitative estimate of drug-likeness (QED) is 0.863. The number of hydrogen-bond donors (Lipinski definition) is 1. The van der Waals surface area contributed by atoms with Crippen molar-refractivity contribution in [2.24, 2.45) is 0 Å². The summed E-state index contributed by atoms with van der Waals surface area (Å²) in [6.07, 6.45) is 5.52. The van der Waals surface area contributed by atoms with Crippen LogP contribution < -0.4 is 10.1 Å². The Labute approximate surface area is 103 Å². The highest BCUT2D eigenvalue weighted by molar-refractivity contribution is 5.31. The number of ether oxygens (including phenoxy) is 1.